The molecule has 0 atom stereocenters. The summed E-state index contributed by atoms with van der Waals surface area (Å²) < 4.78 is 33.8. The smallest absolute Gasteiger partial charge is 0.306 e. The predicted molar refractivity (Wildman–Crippen MR) is 247 cm³/mol. The van der Waals surface area contributed by atoms with Crippen LogP contribution >= 0.6 is 0 Å². The third-order valence-corrected chi connectivity index (χ3v) is 11.1. The number of ether oxygens (including phenoxy) is 6. The third kappa shape index (κ3) is 37.8. The molecule has 0 heterocycles. The molecule has 0 fully saturated rings. The summed E-state index contributed by atoms with van der Waals surface area (Å²) in [5.41, 5.74) is -1.33. The standard InChI is InChI=1S/C50H91NO12/c1-7-11-19-28-43(29-20-12-8-2)38-49(57)63-42-50(41-62-48(56)34-27-35-51(5)6,39-60-46(54)32-23-17-15-21-30-44(52)58-36-25-13-9-3)40-61-47(55)33-24-18-16-22-31-45(53)59-37-26-14-10-4/h43H,7-42H2,1-6H3. The second-order valence-electron chi connectivity index (χ2n) is 17.8. The summed E-state index contributed by atoms with van der Waals surface area (Å²) in [7, 11) is 3.84. The molecule has 0 rings (SSSR count). The number of nitrogens with zero attached hydrogens (tertiary/aromatic N) is 1. The molecular formula is C50H91NO12. The lowest BCUT2D eigenvalue weighted by Crippen LogP contribution is -2.44. The van der Waals surface area contributed by atoms with Crippen molar-refractivity contribution in [2.75, 3.05) is 60.3 Å². The van der Waals surface area contributed by atoms with Crippen molar-refractivity contribution < 1.29 is 57.2 Å². The third-order valence-electron chi connectivity index (χ3n) is 11.1. The van der Waals surface area contributed by atoms with Crippen molar-refractivity contribution in [3.63, 3.8) is 0 Å². The average Bonchev–Trinajstić information content (AvgIpc) is 3.25. The maximum Gasteiger partial charge on any atom is 0.306 e. The summed E-state index contributed by atoms with van der Waals surface area (Å²) in [6.45, 7) is 8.99. The van der Waals surface area contributed by atoms with Gasteiger partial charge in [-0.1, -0.05) is 118 Å². The Morgan fingerprint density at radius 1 is 0.381 bits per heavy atom. The summed E-state index contributed by atoms with van der Waals surface area (Å²) in [6, 6.07) is 0. The molecule has 0 bridgehead atoms. The molecule has 0 amide bonds. The van der Waals surface area contributed by atoms with Gasteiger partial charge >= 0.3 is 35.8 Å². The lowest BCUT2D eigenvalue weighted by molar-refractivity contribution is -0.171. The second-order valence-corrected chi connectivity index (χ2v) is 17.8. The first-order chi connectivity index (χ1) is 30.4. The number of carbonyl (C=O) groups excluding carboxylic acids is 6. The quantitative estimate of drug-likeness (QED) is 0.0323. The summed E-state index contributed by atoms with van der Waals surface area (Å²) in [4.78, 5) is 78.6. The van der Waals surface area contributed by atoms with Gasteiger partial charge in [0.2, 0.25) is 0 Å². The van der Waals surface area contributed by atoms with Crippen LogP contribution in [-0.2, 0) is 57.2 Å². The lowest BCUT2D eigenvalue weighted by Gasteiger charge is -2.32. The summed E-state index contributed by atoms with van der Waals surface area (Å²) in [5.74, 6) is -1.99. The topological polar surface area (TPSA) is 161 Å². The molecule has 13 nitrogen and oxygen atoms in total. The van der Waals surface area contributed by atoms with Gasteiger partial charge in [0, 0.05) is 38.5 Å². The first kappa shape index (κ1) is 59.8. The molecule has 0 aliphatic heterocycles. The van der Waals surface area contributed by atoms with Crippen LogP contribution in [0.3, 0.4) is 0 Å². The summed E-state index contributed by atoms with van der Waals surface area (Å²) in [5, 5.41) is 0. The molecule has 0 N–H and O–H groups in total. The van der Waals surface area contributed by atoms with E-state index >= 15 is 0 Å². The van der Waals surface area contributed by atoms with E-state index in [9.17, 15) is 28.8 Å². The van der Waals surface area contributed by atoms with E-state index in [0.29, 0.717) is 64.7 Å². The van der Waals surface area contributed by atoms with Gasteiger partial charge in [-0.2, -0.15) is 0 Å². The average molecular weight is 898 g/mol. The second kappa shape index (κ2) is 41.5. The zero-order valence-corrected chi connectivity index (χ0v) is 40.9. The number of esters is 6. The number of hydrogen-bond acceptors (Lipinski definition) is 13. The van der Waals surface area contributed by atoms with E-state index in [2.05, 4.69) is 27.7 Å². The lowest BCUT2D eigenvalue weighted by atomic mass is 9.91. The Bertz CT molecular complexity index is 1130. The van der Waals surface area contributed by atoms with Crippen LogP contribution in [0.4, 0.5) is 0 Å². The van der Waals surface area contributed by atoms with Crippen LogP contribution in [0.15, 0.2) is 0 Å². The van der Waals surface area contributed by atoms with Crippen LogP contribution < -0.4 is 0 Å². The normalized spacial score (nSPS) is 11.4. The van der Waals surface area contributed by atoms with Crippen LogP contribution in [0.1, 0.15) is 214 Å². The Morgan fingerprint density at radius 2 is 0.698 bits per heavy atom. The summed E-state index contributed by atoms with van der Waals surface area (Å²) in [6.07, 6.45) is 21.6. The minimum Gasteiger partial charge on any atom is -0.466 e. The zero-order chi connectivity index (χ0) is 46.8. The highest BCUT2D eigenvalue weighted by molar-refractivity contribution is 5.71. The molecule has 0 saturated carbocycles. The Balaban J connectivity index is 5.73. The molecular weight excluding hydrogens is 807 g/mol. The molecule has 0 aliphatic carbocycles. The molecule has 0 saturated heterocycles. The van der Waals surface area contributed by atoms with E-state index in [1.54, 1.807) is 0 Å². The SMILES string of the molecule is CCCCCOC(=O)CCCCCCC(=O)OCC(COC(=O)CCCCCCC(=O)OCCCCC)(COC(=O)CCCN(C)C)COC(=O)CC(CCCCC)CCCCC. The van der Waals surface area contributed by atoms with Gasteiger partial charge < -0.3 is 33.3 Å². The van der Waals surface area contributed by atoms with Crippen LogP contribution in [0.5, 0.6) is 0 Å². The van der Waals surface area contributed by atoms with E-state index in [1.165, 1.54) is 0 Å². The highest BCUT2D eigenvalue weighted by atomic mass is 16.6. The molecule has 0 spiro atoms. The molecule has 0 aromatic rings. The van der Waals surface area contributed by atoms with Crippen molar-refractivity contribution in [3.05, 3.63) is 0 Å². The van der Waals surface area contributed by atoms with Gasteiger partial charge in [-0.05, 0) is 84.3 Å². The monoisotopic (exact) mass is 898 g/mol. The van der Waals surface area contributed by atoms with Crippen molar-refractivity contribution in [1.82, 2.24) is 4.90 Å². The molecule has 0 aromatic heterocycles. The van der Waals surface area contributed by atoms with E-state index in [4.69, 9.17) is 28.4 Å². The number of hydrogen-bond donors (Lipinski definition) is 0. The van der Waals surface area contributed by atoms with Crippen molar-refractivity contribution in [1.29, 1.82) is 0 Å². The molecule has 0 aliphatic rings. The van der Waals surface area contributed by atoms with Gasteiger partial charge in [-0.25, -0.2) is 0 Å². The first-order valence-electron chi connectivity index (χ1n) is 25.0. The van der Waals surface area contributed by atoms with Gasteiger partial charge in [0.15, 0.2) is 0 Å². The Hall–Kier alpha value is -3.22. The van der Waals surface area contributed by atoms with Gasteiger partial charge in [0.25, 0.3) is 0 Å². The minimum absolute atomic E-state index is 0.134. The predicted octanol–water partition coefficient (Wildman–Crippen LogP) is 10.8. The maximum atomic E-state index is 13.5. The molecule has 0 unspecified atom stereocenters. The fourth-order valence-electron chi connectivity index (χ4n) is 6.95. The van der Waals surface area contributed by atoms with Gasteiger partial charge in [-0.3, -0.25) is 28.8 Å². The Labute approximate surface area is 382 Å². The first-order valence-corrected chi connectivity index (χ1v) is 25.0. The number of carbonyl (C=O) groups is 6. The van der Waals surface area contributed by atoms with Gasteiger partial charge in [0.05, 0.1) is 13.2 Å². The fraction of sp³-hybridized carbons (Fsp3) is 0.880. The van der Waals surface area contributed by atoms with Crippen LogP contribution in [-0.4, -0.2) is 101 Å². The maximum absolute atomic E-state index is 13.5. The Kier molecular flexibility index (Phi) is 39.4. The number of rotatable bonds is 44. The number of unbranched alkanes of at least 4 members (excludes halogenated alkanes) is 14. The summed E-state index contributed by atoms with van der Waals surface area (Å²) >= 11 is 0. The van der Waals surface area contributed by atoms with E-state index in [-0.39, 0.29) is 75.9 Å². The Morgan fingerprint density at radius 3 is 1.05 bits per heavy atom. The van der Waals surface area contributed by atoms with E-state index in [0.717, 1.165) is 116 Å². The van der Waals surface area contributed by atoms with E-state index in [1.807, 2.05) is 19.0 Å². The highest BCUT2D eigenvalue weighted by Crippen LogP contribution is 2.26. The molecule has 0 aromatic carbocycles. The van der Waals surface area contributed by atoms with Crippen LogP contribution in [0.25, 0.3) is 0 Å². The van der Waals surface area contributed by atoms with Crippen molar-refractivity contribution in [3.8, 4) is 0 Å². The molecule has 63 heavy (non-hydrogen) atoms. The molecule has 368 valence electrons. The zero-order valence-electron chi connectivity index (χ0n) is 40.9. The fourth-order valence-corrected chi connectivity index (χ4v) is 6.95. The van der Waals surface area contributed by atoms with Crippen molar-refractivity contribution in [2.45, 2.75) is 214 Å². The minimum atomic E-state index is -1.33. The van der Waals surface area contributed by atoms with Crippen LogP contribution in [0.2, 0.25) is 0 Å². The highest BCUT2D eigenvalue weighted by Gasteiger charge is 2.38. The van der Waals surface area contributed by atoms with Gasteiger partial charge in [0.1, 0.15) is 31.8 Å². The largest absolute Gasteiger partial charge is 0.466 e. The van der Waals surface area contributed by atoms with Crippen molar-refractivity contribution in [2.24, 2.45) is 11.3 Å². The molecule has 13 heteroatoms. The van der Waals surface area contributed by atoms with Crippen molar-refractivity contribution >= 4 is 35.8 Å². The molecule has 0 radical (unpaired) electrons. The van der Waals surface area contributed by atoms with E-state index < -0.39 is 23.3 Å². The van der Waals surface area contributed by atoms with Crippen LogP contribution in [0, 0.1) is 11.3 Å². The van der Waals surface area contributed by atoms with Gasteiger partial charge in [-0.15, -0.1) is 0 Å².